The predicted molar refractivity (Wildman–Crippen MR) is 107 cm³/mol. The van der Waals surface area contributed by atoms with Gasteiger partial charge in [0.05, 0.1) is 5.92 Å². The van der Waals surface area contributed by atoms with Crippen molar-refractivity contribution >= 4 is 29.2 Å². The third kappa shape index (κ3) is 5.10. The molecule has 1 amide bonds. The highest BCUT2D eigenvalue weighted by Crippen LogP contribution is 2.28. The second kappa shape index (κ2) is 9.05. The van der Waals surface area contributed by atoms with Crippen LogP contribution in [0.3, 0.4) is 0 Å². The van der Waals surface area contributed by atoms with E-state index in [-0.39, 0.29) is 17.8 Å². The molecule has 1 saturated carbocycles. The fourth-order valence-electron chi connectivity index (χ4n) is 3.33. The SMILES string of the molecule is Cc1ccc(NC(=O)[C@@H](OC(=O)C2CCCCC2)c2ccccc2)cc1Cl. The summed E-state index contributed by atoms with van der Waals surface area (Å²) in [6, 6.07) is 14.4. The number of anilines is 1. The van der Waals surface area contributed by atoms with E-state index in [0.29, 0.717) is 16.3 Å². The topological polar surface area (TPSA) is 55.4 Å². The average Bonchev–Trinajstić information content (AvgIpc) is 2.70. The molecule has 1 aliphatic carbocycles. The van der Waals surface area contributed by atoms with Gasteiger partial charge < -0.3 is 10.1 Å². The molecule has 1 aliphatic rings. The molecule has 0 saturated heterocycles. The summed E-state index contributed by atoms with van der Waals surface area (Å²) in [6.07, 6.45) is 3.89. The molecule has 4 nitrogen and oxygen atoms in total. The highest BCUT2D eigenvalue weighted by atomic mass is 35.5. The lowest BCUT2D eigenvalue weighted by Crippen LogP contribution is -2.29. The number of esters is 1. The van der Waals surface area contributed by atoms with Crippen LogP contribution in [0.5, 0.6) is 0 Å². The van der Waals surface area contributed by atoms with Gasteiger partial charge in [0.1, 0.15) is 0 Å². The van der Waals surface area contributed by atoms with Crippen LogP contribution >= 0.6 is 11.6 Å². The molecule has 5 heteroatoms. The first-order valence-electron chi connectivity index (χ1n) is 9.37. The molecule has 0 bridgehead atoms. The van der Waals surface area contributed by atoms with Crippen LogP contribution in [-0.2, 0) is 14.3 Å². The average molecular weight is 386 g/mol. The third-order valence-electron chi connectivity index (χ3n) is 4.95. The van der Waals surface area contributed by atoms with E-state index < -0.39 is 6.10 Å². The van der Waals surface area contributed by atoms with Crippen LogP contribution in [0.25, 0.3) is 0 Å². The first-order chi connectivity index (χ1) is 13.0. The monoisotopic (exact) mass is 385 g/mol. The van der Waals surface area contributed by atoms with Gasteiger partial charge in [-0.15, -0.1) is 0 Å². The highest BCUT2D eigenvalue weighted by Gasteiger charge is 2.30. The lowest BCUT2D eigenvalue weighted by Gasteiger charge is -2.24. The van der Waals surface area contributed by atoms with Gasteiger partial charge in [0, 0.05) is 16.3 Å². The van der Waals surface area contributed by atoms with E-state index >= 15 is 0 Å². The molecule has 1 N–H and O–H groups in total. The number of hydrogen-bond acceptors (Lipinski definition) is 3. The molecule has 3 rings (SSSR count). The fraction of sp³-hybridized carbons (Fsp3) is 0.364. The van der Waals surface area contributed by atoms with Crippen molar-refractivity contribution in [2.24, 2.45) is 5.92 Å². The maximum absolute atomic E-state index is 12.9. The smallest absolute Gasteiger partial charge is 0.310 e. The molecular weight excluding hydrogens is 362 g/mol. The number of hydrogen-bond donors (Lipinski definition) is 1. The number of aryl methyl sites for hydroxylation is 1. The van der Waals surface area contributed by atoms with Gasteiger partial charge in [0.15, 0.2) is 0 Å². The van der Waals surface area contributed by atoms with E-state index in [0.717, 1.165) is 37.7 Å². The quantitative estimate of drug-likeness (QED) is 0.696. The van der Waals surface area contributed by atoms with Crippen molar-refractivity contribution in [3.8, 4) is 0 Å². The zero-order valence-electron chi connectivity index (χ0n) is 15.4. The Morgan fingerprint density at radius 1 is 1.07 bits per heavy atom. The Kier molecular flexibility index (Phi) is 6.51. The van der Waals surface area contributed by atoms with Gasteiger partial charge >= 0.3 is 5.97 Å². The Balaban J connectivity index is 1.77. The summed E-state index contributed by atoms with van der Waals surface area (Å²) in [5, 5.41) is 3.39. The lowest BCUT2D eigenvalue weighted by atomic mass is 9.89. The van der Waals surface area contributed by atoms with Gasteiger partial charge in [-0.25, -0.2) is 0 Å². The van der Waals surface area contributed by atoms with Gasteiger partial charge in [-0.2, -0.15) is 0 Å². The standard InChI is InChI=1S/C22H24ClNO3/c1-15-12-13-18(14-19(15)23)24-21(25)20(16-8-4-2-5-9-16)27-22(26)17-10-6-3-7-11-17/h2,4-5,8-9,12-14,17,20H,3,6-7,10-11H2,1H3,(H,24,25)/t20-/m0/s1. The van der Waals surface area contributed by atoms with Crippen LogP contribution in [0, 0.1) is 12.8 Å². The molecule has 0 aliphatic heterocycles. The van der Waals surface area contributed by atoms with Crippen molar-refractivity contribution in [1.82, 2.24) is 0 Å². The Bertz CT molecular complexity index is 800. The molecule has 0 heterocycles. The largest absolute Gasteiger partial charge is 0.447 e. The van der Waals surface area contributed by atoms with Gasteiger partial charge in [-0.1, -0.05) is 67.3 Å². The number of amides is 1. The van der Waals surface area contributed by atoms with Crippen LogP contribution in [-0.4, -0.2) is 11.9 Å². The van der Waals surface area contributed by atoms with Gasteiger partial charge in [0.2, 0.25) is 6.10 Å². The molecule has 2 aromatic carbocycles. The summed E-state index contributed by atoms with van der Waals surface area (Å²) in [5.74, 6) is -0.794. The number of benzene rings is 2. The molecule has 0 radical (unpaired) electrons. The molecule has 0 aromatic heterocycles. The van der Waals surface area contributed by atoms with Crippen molar-refractivity contribution in [2.75, 3.05) is 5.32 Å². The Hall–Kier alpha value is -2.33. The summed E-state index contributed by atoms with van der Waals surface area (Å²) < 4.78 is 5.68. The van der Waals surface area contributed by atoms with Crippen molar-refractivity contribution in [1.29, 1.82) is 0 Å². The maximum Gasteiger partial charge on any atom is 0.310 e. The van der Waals surface area contributed by atoms with E-state index in [1.54, 1.807) is 24.3 Å². The van der Waals surface area contributed by atoms with Gasteiger partial charge in [-0.05, 0) is 37.5 Å². The highest BCUT2D eigenvalue weighted by molar-refractivity contribution is 6.31. The summed E-state index contributed by atoms with van der Waals surface area (Å²) in [7, 11) is 0. The van der Waals surface area contributed by atoms with Crippen LogP contribution < -0.4 is 5.32 Å². The van der Waals surface area contributed by atoms with E-state index in [2.05, 4.69) is 5.32 Å². The van der Waals surface area contributed by atoms with Crippen LogP contribution in [0.2, 0.25) is 5.02 Å². The Morgan fingerprint density at radius 2 is 1.78 bits per heavy atom. The van der Waals surface area contributed by atoms with E-state index in [9.17, 15) is 9.59 Å². The second-order valence-corrected chi connectivity index (χ2v) is 7.42. The summed E-state index contributed by atoms with van der Waals surface area (Å²) >= 11 is 6.14. The van der Waals surface area contributed by atoms with Gasteiger partial charge in [0.25, 0.3) is 5.91 Å². The molecule has 0 spiro atoms. The number of nitrogens with one attached hydrogen (secondary N) is 1. The second-order valence-electron chi connectivity index (χ2n) is 7.02. The first kappa shape index (κ1) is 19.4. The van der Waals surface area contributed by atoms with Crippen molar-refractivity contribution in [3.63, 3.8) is 0 Å². The van der Waals surface area contributed by atoms with E-state index in [1.165, 1.54) is 0 Å². The normalized spacial score (nSPS) is 15.8. The van der Waals surface area contributed by atoms with Crippen molar-refractivity contribution < 1.29 is 14.3 Å². The summed E-state index contributed by atoms with van der Waals surface area (Å²) in [6.45, 7) is 1.90. The van der Waals surface area contributed by atoms with Crippen LogP contribution in [0.4, 0.5) is 5.69 Å². The minimum atomic E-state index is -0.985. The summed E-state index contributed by atoms with van der Waals surface area (Å²) in [4.78, 5) is 25.5. The molecular formula is C22H24ClNO3. The number of carbonyl (C=O) groups excluding carboxylic acids is 2. The molecule has 1 atom stereocenters. The maximum atomic E-state index is 12.9. The van der Waals surface area contributed by atoms with E-state index in [4.69, 9.17) is 16.3 Å². The molecule has 2 aromatic rings. The minimum absolute atomic E-state index is 0.119. The van der Waals surface area contributed by atoms with E-state index in [1.807, 2.05) is 31.2 Å². The zero-order chi connectivity index (χ0) is 19.2. The van der Waals surface area contributed by atoms with Crippen LogP contribution in [0.15, 0.2) is 48.5 Å². The molecule has 0 unspecified atom stereocenters. The predicted octanol–water partition coefficient (Wildman–Crippen LogP) is 5.45. The molecule has 1 fully saturated rings. The molecule has 27 heavy (non-hydrogen) atoms. The minimum Gasteiger partial charge on any atom is -0.447 e. The summed E-state index contributed by atoms with van der Waals surface area (Å²) in [5.41, 5.74) is 2.15. The fourth-order valence-corrected chi connectivity index (χ4v) is 3.51. The lowest BCUT2D eigenvalue weighted by molar-refractivity contribution is -0.159. The zero-order valence-corrected chi connectivity index (χ0v) is 16.2. The van der Waals surface area contributed by atoms with Crippen molar-refractivity contribution in [2.45, 2.75) is 45.1 Å². The van der Waals surface area contributed by atoms with Crippen molar-refractivity contribution in [3.05, 3.63) is 64.7 Å². The van der Waals surface area contributed by atoms with Crippen LogP contribution in [0.1, 0.15) is 49.3 Å². The number of carbonyl (C=O) groups is 2. The number of rotatable bonds is 5. The Labute approximate surface area is 164 Å². The number of ether oxygens (including phenoxy) is 1. The third-order valence-corrected chi connectivity index (χ3v) is 5.36. The van der Waals surface area contributed by atoms with Gasteiger partial charge in [-0.3, -0.25) is 9.59 Å². The first-order valence-corrected chi connectivity index (χ1v) is 9.75. The Morgan fingerprint density at radius 3 is 2.44 bits per heavy atom. The number of halogens is 1. The molecule has 142 valence electrons.